The number of anilines is 2. The summed E-state index contributed by atoms with van der Waals surface area (Å²) in [5, 5.41) is 0. The molecular formula is C32H40N2O6S. The van der Waals surface area contributed by atoms with E-state index in [9.17, 15) is 18.0 Å². The quantitative estimate of drug-likeness (QED) is 0.285. The van der Waals surface area contributed by atoms with Crippen LogP contribution in [0.4, 0.5) is 11.4 Å². The molecule has 0 aliphatic carbocycles. The molecule has 0 spiro atoms. The Hall–Kier alpha value is -3.85. The molecule has 1 aliphatic rings. The lowest BCUT2D eigenvalue weighted by Crippen LogP contribution is -2.37. The number of carbonyl (C=O) groups excluding carboxylic acids is 2. The molecule has 1 heterocycles. The molecule has 41 heavy (non-hydrogen) atoms. The van der Waals surface area contributed by atoms with Crippen LogP contribution >= 0.6 is 0 Å². The molecule has 9 heteroatoms. The first kappa shape index (κ1) is 31.7. The maximum Gasteiger partial charge on any atom is 0.265 e. The third kappa shape index (κ3) is 6.90. The normalized spacial score (nSPS) is 12.1. The first-order valence-electron chi connectivity index (χ1n) is 14.1. The second-order valence-corrected chi connectivity index (χ2v) is 11.4. The Bertz CT molecular complexity index is 1490. The average Bonchev–Trinajstić information content (AvgIpc) is 3.00. The second-order valence-electron chi connectivity index (χ2n) is 9.40. The third-order valence-corrected chi connectivity index (χ3v) is 8.51. The fourth-order valence-electron chi connectivity index (χ4n) is 4.52. The Morgan fingerprint density at radius 3 is 2.20 bits per heavy atom. The van der Waals surface area contributed by atoms with Crippen LogP contribution in [0.2, 0.25) is 0 Å². The molecule has 1 aliphatic heterocycles. The summed E-state index contributed by atoms with van der Waals surface area (Å²) >= 11 is 0. The second kappa shape index (κ2) is 14.2. The van der Waals surface area contributed by atoms with Crippen LogP contribution in [0.1, 0.15) is 68.4 Å². The van der Waals surface area contributed by atoms with Crippen molar-refractivity contribution in [1.29, 1.82) is 0 Å². The molecule has 4 rings (SSSR count). The fraction of sp³-hybridized carbons (Fsp3) is 0.375. The first-order chi connectivity index (χ1) is 19.7. The number of imide groups is 1. The zero-order valence-corrected chi connectivity index (χ0v) is 25.6. The van der Waals surface area contributed by atoms with Crippen LogP contribution in [0.25, 0.3) is 0 Å². The molecule has 2 amide bonds. The van der Waals surface area contributed by atoms with Crippen LogP contribution in [-0.2, 0) is 21.2 Å². The maximum absolute atomic E-state index is 13.9. The number of carbonyl (C=O) groups is 2. The predicted octanol–water partition coefficient (Wildman–Crippen LogP) is 6.54. The molecule has 0 saturated carbocycles. The number of sulfonamides is 1. The molecule has 0 bridgehead atoms. The van der Waals surface area contributed by atoms with Crippen LogP contribution in [0.15, 0.2) is 65.6 Å². The highest BCUT2D eigenvalue weighted by atomic mass is 32.2. The molecule has 0 atom stereocenters. The van der Waals surface area contributed by atoms with E-state index >= 15 is 0 Å². The van der Waals surface area contributed by atoms with E-state index in [1.807, 2.05) is 26.0 Å². The number of aryl methyl sites for hydroxylation is 2. The van der Waals surface area contributed by atoms with Crippen molar-refractivity contribution in [2.45, 2.75) is 65.2 Å². The van der Waals surface area contributed by atoms with Gasteiger partial charge in [0.2, 0.25) is 5.91 Å². The van der Waals surface area contributed by atoms with E-state index in [2.05, 4.69) is 6.92 Å². The number of hydrogen-bond donors (Lipinski definition) is 0. The highest BCUT2D eigenvalue weighted by Gasteiger charge is 2.29. The summed E-state index contributed by atoms with van der Waals surface area (Å²) in [5.74, 6) is 0.166. The fourth-order valence-corrected chi connectivity index (χ4v) is 5.78. The zero-order chi connectivity index (χ0) is 30.2. The highest BCUT2D eigenvalue weighted by Crippen LogP contribution is 2.39. The number of fused-ring (bicyclic) bond motifs is 1. The van der Waals surface area contributed by atoms with Crippen molar-refractivity contribution in [2.24, 2.45) is 0 Å². The minimum absolute atomic E-state index is 0.0367. The molecule has 0 N–H and O–H groups in total. The first-order valence-corrected chi connectivity index (χ1v) is 15.6. The molecule has 3 aromatic rings. The topological polar surface area (TPSA) is 93.2 Å². The van der Waals surface area contributed by atoms with Crippen molar-refractivity contribution in [1.82, 2.24) is 0 Å². The lowest BCUT2D eigenvalue weighted by atomic mass is 10.1. The molecule has 0 saturated heterocycles. The van der Waals surface area contributed by atoms with Crippen LogP contribution in [0.3, 0.4) is 0 Å². The minimum Gasteiger partial charge on any atom is -0.486 e. The van der Waals surface area contributed by atoms with Crippen molar-refractivity contribution in [2.75, 3.05) is 29.5 Å². The Balaban J connectivity index is 0.00000226. The van der Waals surface area contributed by atoms with Gasteiger partial charge in [-0.3, -0.25) is 13.9 Å². The van der Waals surface area contributed by atoms with E-state index in [1.165, 1.54) is 23.5 Å². The standard InChI is InChI=1S/C30H34N2O6S.C2H6/c1-5-7-12-22-18-27-28(38-17-16-37-27)20-26(22)31(4)39(35,36)24-14-10-13-23(19-24)32(29(33)6-2)30(34)25-15-9-8-11-21(25)3;1-2/h8-11,13-15,18-20H,5-7,12,16-17H2,1-4H3;1-2H3. The summed E-state index contributed by atoms with van der Waals surface area (Å²) < 4.78 is 40.5. The van der Waals surface area contributed by atoms with Gasteiger partial charge in [0.25, 0.3) is 15.9 Å². The van der Waals surface area contributed by atoms with Crippen LogP contribution < -0.4 is 18.7 Å². The van der Waals surface area contributed by atoms with Gasteiger partial charge in [-0.15, -0.1) is 0 Å². The van der Waals surface area contributed by atoms with Crippen molar-refractivity contribution in [3.05, 3.63) is 77.4 Å². The van der Waals surface area contributed by atoms with E-state index < -0.39 is 21.8 Å². The summed E-state index contributed by atoms with van der Waals surface area (Å²) in [6.45, 7) is 10.4. The zero-order valence-electron chi connectivity index (χ0n) is 24.8. The van der Waals surface area contributed by atoms with Gasteiger partial charge in [0.1, 0.15) is 13.2 Å². The Morgan fingerprint density at radius 1 is 0.902 bits per heavy atom. The van der Waals surface area contributed by atoms with Gasteiger partial charge in [0, 0.05) is 25.1 Å². The van der Waals surface area contributed by atoms with Crippen molar-refractivity contribution in [3.63, 3.8) is 0 Å². The summed E-state index contributed by atoms with van der Waals surface area (Å²) in [7, 11) is -2.57. The molecule has 0 fully saturated rings. The lowest BCUT2D eigenvalue weighted by Gasteiger charge is -2.27. The molecule has 0 radical (unpaired) electrons. The van der Waals surface area contributed by atoms with Crippen LogP contribution in [-0.4, -0.2) is 40.5 Å². The van der Waals surface area contributed by atoms with Crippen LogP contribution in [0, 0.1) is 6.92 Å². The molecule has 3 aromatic carbocycles. The monoisotopic (exact) mass is 580 g/mol. The van der Waals surface area contributed by atoms with E-state index in [0.717, 1.165) is 28.9 Å². The smallest absolute Gasteiger partial charge is 0.265 e. The number of unbranched alkanes of at least 4 members (excludes halogenated alkanes) is 1. The van der Waals surface area contributed by atoms with Crippen molar-refractivity contribution in [3.8, 4) is 11.5 Å². The van der Waals surface area contributed by atoms with Gasteiger partial charge in [0.05, 0.1) is 16.3 Å². The molecule has 0 unspecified atom stereocenters. The van der Waals surface area contributed by atoms with Gasteiger partial charge >= 0.3 is 0 Å². The summed E-state index contributed by atoms with van der Waals surface area (Å²) in [6.07, 6.45) is 2.58. The van der Waals surface area contributed by atoms with Gasteiger partial charge in [-0.1, -0.05) is 58.4 Å². The summed E-state index contributed by atoms with van der Waals surface area (Å²) in [6, 6.07) is 16.5. The van der Waals surface area contributed by atoms with Gasteiger partial charge in [-0.05, 0) is 61.2 Å². The van der Waals surface area contributed by atoms with Gasteiger partial charge in [-0.2, -0.15) is 0 Å². The summed E-state index contributed by atoms with van der Waals surface area (Å²) in [4.78, 5) is 27.5. The SMILES string of the molecule is CC.CCCCc1cc2c(cc1N(C)S(=O)(=O)c1cccc(N(C(=O)CC)C(=O)c3ccccc3C)c1)OCCO2. The van der Waals surface area contributed by atoms with Crippen molar-refractivity contribution < 1.29 is 27.5 Å². The van der Waals surface area contributed by atoms with Gasteiger partial charge in [-0.25, -0.2) is 13.3 Å². The molecule has 220 valence electrons. The van der Waals surface area contributed by atoms with E-state index in [4.69, 9.17) is 9.47 Å². The van der Waals surface area contributed by atoms with Gasteiger partial charge in [0.15, 0.2) is 11.5 Å². The Labute approximate surface area is 243 Å². The predicted molar refractivity (Wildman–Crippen MR) is 163 cm³/mol. The van der Waals surface area contributed by atoms with E-state index in [-0.39, 0.29) is 17.0 Å². The molecule has 0 aromatic heterocycles. The molecular weight excluding hydrogens is 540 g/mol. The minimum atomic E-state index is -4.07. The number of nitrogens with zero attached hydrogens (tertiary/aromatic N) is 2. The molecule has 8 nitrogen and oxygen atoms in total. The number of rotatable bonds is 9. The van der Waals surface area contributed by atoms with Crippen LogP contribution in [0.5, 0.6) is 11.5 Å². The Kier molecular flexibility index (Phi) is 10.9. The summed E-state index contributed by atoms with van der Waals surface area (Å²) in [5.41, 5.74) is 2.62. The number of amides is 2. The Morgan fingerprint density at radius 2 is 1.56 bits per heavy atom. The number of benzene rings is 3. The maximum atomic E-state index is 13.9. The average molecular weight is 581 g/mol. The number of ether oxygens (including phenoxy) is 2. The van der Waals surface area contributed by atoms with E-state index in [1.54, 1.807) is 50.2 Å². The lowest BCUT2D eigenvalue weighted by molar-refractivity contribution is -0.117. The highest BCUT2D eigenvalue weighted by molar-refractivity contribution is 7.92. The number of hydrogen-bond acceptors (Lipinski definition) is 6. The largest absolute Gasteiger partial charge is 0.486 e. The van der Waals surface area contributed by atoms with Crippen molar-refractivity contribution >= 4 is 33.2 Å². The van der Waals surface area contributed by atoms with E-state index in [0.29, 0.717) is 42.4 Å². The third-order valence-electron chi connectivity index (χ3n) is 6.75. The van der Waals surface area contributed by atoms with Gasteiger partial charge < -0.3 is 9.47 Å².